The molecule has 0 bridgehead atoms. The van der Waals surface area contributed by atoms with Crippen LogP contribution in [0.25, 0.3) is 0 Å². The summed E-state index contributed by atoms with van der Waals surface area (Å²) in [7, 11) is 0. The summed E-state index contributed by atoms with van der Waals surface area (Å²) in [6.45, 7) is 1.89. The van der Waals surface area contributed by atoms with E-state index < -0.39 is 0 Å². The van der Waals surface area contributed by atoms with Gasteiger partial charge in [-0.25, -0.2) is 0 Å². The Morgan fingerprint density at radius 1 is 1.88 bits per heavy atom. The van der Waals surface area contributed by atoms with E-state index in [2.05, 4.69) is 15.9 Å². The maximum atomic E-state index is 10.5. The predicted octanol–water partition coefficient (Wildman–Crippen LogP) is 1.09. The molecule has 1 saturated heterocycles. The Balaban J connectivity index is 2.51. The van der Waals surface area contributed by atoms with Gasteiger partial charge in [0.25, 0.3) is 0 Å². The smallest absolute Gasteiger partial charge is 0.320 e. The lowest BCUT2D eigenvalue weighted by Gasteiger charge is -1.95. The molecular formula is C5H7BrO2. The van der Waals surface area contributed by atoms with E-state index >= 15 is 0 Å². The van der Waals surface area contributed by atoms with Gasteiger partial charge in [-0.2, -0.15) is 0 Å². The minimum absolute atomic E-state index is 0.0579. The van der Waals surface area contributed by atoms with Crippen molar-refractivity contribution in [2.45, 2.75) is 24.3 Å². The summed E-state index contributed by atoms with van der Waals surface area (Å²) in [5.74, 6) is -0.127. The standard InChI is InChI=1S/C5H7BrO2/c1-3-2-4(6)5(7)8-3/h3-4H,2H2,1H3. The number of rotatable bonds is 0. The molecule has 0 aromatic rings. The molecular weight excluding hydrogens is 172 g/mol. The van der Waals surface area contributed by atoms with Crippen molar-refractivity contribution in [3.63, 3.8) is 0 Å². The summed E-state index contributed by atoms with van der Waals surface area (Å²) in [6.07, 6.45) is 0.908. The van der Waals surface area contributed by atoms with Crippen molar-refractivity contribution in [2.24, 2.45) is 0 Å². The average molecular weight is 179 g/mol. The van der Waals surface area contributed by atoms with Crippen molar-refractivity contribution >= 4 is 21.9 Å². The van der Waals surface area contributed by atoms with E-state index in [0.717, 1.165) is 6.42 Å². The summed E-state index contributed by atoms with van der Waals surface area (Å²) in [4.78, 5) is 10.5. The van der Waals surface area contributed by atoms with E-state index in [1.54, 1.807) is 0 Å². The molecule has 0 saturated carbocycles. The lowest BCUT2D eigenvalue weighted by Crippen LogP contribution is -2.04. The molecule has 0 N–H and O–H groups in total. The Hall–Kier alpha value is -0.0500. The molecule has 1 aliphatic rings. The quantitative estimate of drug-likeness (QED) is 0.411. The van der Waals surface area contributed by atoms with Crippen LogP contribution in [0, 0.1) is 0 Å². The topological polar surface area (TPSA) is 26.3 Å². The number of alkyl halides is 1. The SMILES string of the molecule is CC1CC(Br)C(=O)O1. The molecule has 1 aliphatic heterocycles. The lowest BCUT2D eigenvalue weighted by molar-refractivity contribution is -0.140. The molecule has 0 amide bonds. The first kappa shape index (κ1) is 6.08. The van der Waals surface area contributed by atoms with Gasteiger partial charge in [-0.15, -0.1) is 0 Å². The Morgan fingerprint density at radius 3 is 2.62 bits per heavy atom. The van der Waals surface area contributed by atoms with Crippen LogP contribution >= 0.6 is 15.9 Å². The minimum Gasteiger partial charge on any atom is -0.462 e. The number of hydrogen-bond donors (Lipinski definition) is 0. The van der Waals surface area contributed by atoms with Crippen molar-refractivity contribution in [1.82, 2.24) is 0 Å². The fourth-order valence-corrected chi connectivity index (χ4v) is 1.34. The Bertz CT molecular complexity index is 113. The number of ether oxygens (including phenoxy) is 1. The molecule has 2 unspecified atom stereocenters. The molecule has 0 aromatic carbocycles. The van der Waals surface area contributed by atoms with Gasteiger partial charge in [-0.3, -0.25) is 4.79 Å². The van der Waals surface area contributed by atoms with Gasteiger partial charge in [0.05, 0.1) is 0 Å². The van der Waals surface area contributed by atoms with Gasteiger partial charge in [-0.05, 0) is 6.92 Å². The van der Waals surface area contributed by atoms with E-state index in [-0.39, 0.29) is 16.9 Å². The van der Waals surface area contributed by atoms with Gasteiger partial charge >= 0.3 is 5.97 Å². The maximum absolute atomic E-state index is 10.5. The molecule has 1 fully saturated rings. The summed E-state index contributed by atoms with van der Waals surface area (Å²) < 4.78 is 4.79. The zero-order valence-corrected chi connectivity index (χ0v) is 6.14. The van der Waals surface area contributed by atoms with Crippen LogP contribution in [0.2, 0.25) is 0 Å². The molecule has 0 aromatic heterocycles. The largest absolute Gasteiger partial charge is 0.462 e. The molecule has 2 nitrogen and oxygen atoms in total. The summed E-state index contributed by atoms with van der Waals surface area (Å²) >= 11 is 3.17. The van der Waals surface area contributed by atoms with E-state index in [4.69, 9.17) is 4.74 Å². The number of esters is 1. The van der Waals surface area contributed by atoms with Gasteiger partial charge in [0, 0.05) is 6.42 Å². The third-order valence-corrected chi connectivity index (χ3v) is 1.86. The zero-order valence-electron chi connectivity index (χ0n) is 4.56. The number of halogens is 1. The number of carbonyl (C=O) groups is 1. The summed E-state index contributed by atoms with van der Waals surface area (Å²) in [5, 5.41) is 0. The highest BCUT2D eigenvalue weighted by Crippen LogP contribution is 2.20. The second kappa shape index (κ2) is 2.05. The monoisotopic (exact) mass is 178 g/mol. The van der Waals surface area contributed by atoms with E-state index in [1.807, 2.05) is 6.92 Å². The second-order valence-corrected chi connectivity index (χ2v) is 3.06. The highest BCUT2D eigenvalue weighted by atomic mass is 79.9. The zero-order chi connectivity index (χ0) is 6.15. The first-order valence-electron chi connectivity index (χ1n) is 2.54. The van der Waals surface area contributed by atoms with E-state index in [0.29, 0.717) is 0 Å². The molecule has 8 heavy (non-hydrogen) atoms. The van der Waals surface area contributed by atoms with Crippen LogP contribution in [-0.2, 0) is 9.53 Å². The first-order valence-corrected chi connectivity index (χ1v) is 3.46. The van der Waals surface area contributed by atoms with Crippen LogP contribution in [0.3, 0.4) is 0 Å². The van der Waals surface area contributed by atoms with Crippen LogP contribution in [0.5, 0.6) is 0 Å². The highest BCUT2D eigenvalue weighted by Gasteiger charge is 2.28. The third-order valence-electron chi connectivity index (χ3n) is 1.11. The lowest BCUT2D eigenvalue weighted by atomic mass is 10.3. The van der Waals surface area contributed by atoms with E-state index in [9.17, 15) is 4.79 Å². The molecule has 46 valence electrons. The van der Waals surface area contributed by atoms with Gasteiger partial charge in [0.2, 0.25) is 0 Å². The second-order valence-electron chi connectivity index (χ2n) is 1.95. The fourth-order valence-electron chi connectivity index (χ4n) is 0.708. The van der Waals surface area contributed by atoms with Crippen LogP contribution < -0.4 is 0 Å². The van der Waals surface area contributed by atoms with Crippen LogP contribution in [0.15, 0.2) is 0 Å². The Labute approximate surface area is 56.3 Å². The summed E-state index contributed by atoms with van der Waals surface area (Å²) in [5.41, 5.74) is 0. The predicted molar refractivity (Wildman–Crippen MR) is 32.9 cm³/mol. The third kappa shape index (κ3) is 1.02. The first-order chi connectivity index (χ1) is 3.70. The van der Waals surface area contributed by atoms with Gasteiger partial charge in [-0.1, -0.05) is 15.9 Å². The molecule has 2 atom stereocenters. The molecule has 1 heterocycles. The Morgan fingerprint density at radius 2 is 2.50 bits per heavy atom. The van der Waals surface area contributed by atoms with Crippen molar-refractivity contribution in [3.8, 4) is 0 Å². The van der Waals surface area contributed by atoms with Crippen LogP contribution in [-0.4, -0.2) is 16.9 Å². The van der Waals surface area contributed by atoms with Gasteiger partial charge < -0.3 is 4.74 Å². The van der Waals surface area contributed by atoms with Crippen molar-refractivity contribution in [2.75, 3.05) is 0 Å². The van der Waals surface area contributed by atoms with Gasteiger partial charge in [0.1, 0.15) is 10.9 Å². The van der Waals surface area contributed by atoms with Gasteiger partial charge in [0.15, 0.2) is 0 Å². The molecule has 0 spiro atoms. The van der Waals surface area contributed by atoms with Crippen molar-refractivity contribution in [1.29, 1.82) is 0 Å². The minimum atomic E-state index is -0.127. The normalized spacial score (nSPS) is 37.5. The van der Waals surface area contributed by atoms with Crippen molar-refractivity contribution < 1.29 is 9.53 Å². The maximum Gasteiger partial charge on any atom is 0.320 e. The summed E-state index contributed by atoms with van der Waals surface area (Å²) in [6, 6.07) is 0. The number of carbonyl (C=O) groups excluding carboxylic acids is 1. The number of cyclic esters (lactones) is 1. The van der Waals surface area contributed by atoms with Crippen LogP contribution in [0.4, 0.5) is 0 Å². The molecule has 0 aliphatic carbocycles. The molecule has 1 rings (SSSR count). The van der Waals surface area contributed by atoms with Crippen molar-refractivity contribution in [3.05, 3.63) is 0 Å². The molecule has 0 radical (unpaired) electrons. The fraction of sp³-hybridized carbons (Fsp3) is 0.800. The number of hydrogen-bond acceptors (Lipinski definition) is 2. The van der Waals surface area contributed by atoms with Crippen LogP contribution in [0.1, 0.15) is 13.3 Å². The van der Waals surface area contributed by atoms with E-state index in [1.165, 1.54) is 0 Å². The molecule has 3 heteroatoms. The average Bonchev–Trinajstić information content (AvgIpc) is 1.85. The highest BCUT2D eigenvalue weighted by molar-refractivity contribution is 9.10. The Kier molecular flexibility index (Phi) is 1.56.